The van der Waals surface area contributed by atoms with Crippen LogP contribution in [-0.4, -0.2) is 42.5 Å². The second-order valence-corrected chi connectivity index (χ2v) is 6.40. The number of halogens is 1. The maximum absolute atomic E-state index is 9.98. The van der Waals surface area contributed by atoms with Crippen LogP contribution in [0.25, 0.3) is 0 Å². The van der Waals surface area contributed by atoms with E-state index in [1.165, 1.54) is 11.1 Å². The summed E-state index contributed by atoms with van der Waals surface area (Å²) in [6, 6.07) is 12.4. The Morgan fingerprint density at radius 1 is 1.32 bits per heavy atom. The van der Waals surface area contributed by atoms with Crippen molar-refractivity contribution in [2.45, 2.75) is 18.6 Å². The first-order chi connectivity index (χ1) is 10.7. The molecule has 2 aromatic rings. The summed E-state index contributed by atoms with van der Waals surface area (Å²) in [5.41, 5.74) is 2.45. The van der Waals surface area contributed by atoms with E-state index in [0.717, 1.165) is 16.7 Å². The van der Waals surface area contributed by atoms with Gasteiger partial charge in [0.25, 0.3) is 0 Å². The van der Waals surface area contributed by atoms with Gasteiger partial charge in [-0.25, -0.2) is 4.98 Å². The van der Waals surface area contributed by atoms with E-state index >= 15 is 0 Å². The average Bonchev–Trinajstić information content (AvgIpc) is 2.91. The van der Waals surface area contributed by atoms with Crippen LogP contribution in [0.1, 0.15) is 11.1 Å². The molecule has 2 atom stereocenters. The van der Waals surface area contributed by atoms with Gasteiger partial charge in [0.05, 0.1) is 6.10 Å². The number of rotatable bonds is 4. The van der Waals surface area contributed by atoms with Crippen LogP contribution >= 0.6 is 15.9 Å². The number of benzene rings is 1. The number of pyridine rings is 1. The predicted molar refractivity (Wildman–Crippen MR) is 90.2 cm³/mol. The van der Waals surface area contributed by atoms with Gasteiger partial charge < -0.3 is 14.7 Å². The van der Waals surface area contributed by atoms with Crippen LogP contribution in [0.5, 0.6) is 0 Å². The zero-order chi connectivity index (χ0) is 15.5. The lowest BCUT2D eigenvalue weighted by atomic mass is 10.1. The second kappa shape index (κ2) is 6.77. The van der Waals surface area contributed by atoms with Gasteiger partial charge in [-0.15, -0.1) is 0 Å². The first kappa shape index (κ1) is 15.5. The van der Waals surface area contributed by atoms with Gasteiger partial charge in [0.15, 0.2) is 0 Å². The fourth-order valence-electron chi connectivity index (χ4n) is 2.77. The SMILES string of the molecule is CO[C@@H]1CN(c2cc(Cc3ccccc3)c(Br)cn2)C[C@H]1O. The molecule has 5 heteroatoms. The second-order valence-electron chi connectivity index (χ2n) is 5.54. The number of anilines is 1. The number of aliphatic hydroxyl groups excluding tert-OH is 1. The number of hydrogen-bond acceptors (Lipinski definition) is 4. The Hall–Kier alpha value is -1.43. The lowest BCUT2D eigenvalue weighted by molar-refractivity contribution is 0.0217. The molecule has 1 aromatic heterocycles. The minimum atomic E-state index is -0.465. The van der Waals surface area contributed by atoms with Crippen LogP contribution in [0.4, 0.5) is 5.82 Å². The number of aliphatic hydroxyl groups is 1. The molecule has 0 unspecified atom stereocenters. The molecule has 0 aliphatic carbocycles. The molecule has 1 aromatic carbocycles. The Morgan fingerprint density at radius 3 is 2.77 bits per heavy atom. The van der Waals surface area contributed by atoms with Gasteiger partial charge >= 0.3 is 0 Å². The highest BCUT2D eigenvalue weighted by Gasteiger charge is 2.32. The maximum atomic E-state index is 9.98. The Kier molecular flexibility index (Phi) is 4.76. The van der Waals surface area contributed by atoms with Gasteiger partial charge in [-0.1, -0.05) is 30.3 Å². The summed E-state index contributed by atoms with van der Waals surface area (Å²) in [5, 5.41) is 9.98. The van der Waals surface area contributed by atoms with E-state index in [1.54, 1.807) is 7.11 Å². The number of aromatic nitrogens is 1. The molecule has 0 radical (unpaired) electrons. The minimum Gasteiger partial charge on any atom is -0.388 e. The highest BCUT2D eigenvalue weighted by Crippen LogP contribution is 2.26. The van der Waals surface area contributed by atoms with Gasteiger partial charge in [0.2, 0.25) is 0 Å². The van der Waals surface area contributed by atoms with Crippen LogP contribution < -0.4 is 4.90 Å². The lowest BCUT2D eigenvalue weighted by Crippen LogP contribution is -2.25. The topological polar surface area (TPSA) is 45.6 Å². The molecule has 0 spiro atoms. The molecule has 1 fully saturated rings. The molecule has 0 saturated carbocycles. The largest absolute Gasteiger partial charge is 0.388 e. The minimum absolute atomic E-state index is 0.150. The summed E-state index contributed by atoms with van der Waals surface area (Å²) < 4.78 is 6.30. The van der Waals surface area contributed by atoms with Crippen LogP contribution in [0, 0.1) is 0 Å². The van der Waals surface area contributed by atoms with Gasteiger partial charge in [-0.2, -0.15) is 0 Å². The van der Waals surface area contributed by atoms with Gasteiger partial charge in [0.1, 0.15) is 11.9 Å². The Bertz CT molecular complexity index is 636. The van der Waals surface area contributed by atoms with E-state index in [2.05, 4.69) is 44.0 Å². The van der Waals surface area contributed by atoms with Crippen molar-refractivity contribution in [1.29, 1.82) is 0 Å². The van der Waals surface area contributed by atoms with Crippen LogP contribution in [0.3, 0.4) is 0 Å². The van der Waals surface area contributed by atoms with Crippen LogP contribution in [0.15, 0.2) is 47.1 Å². The molecule has 0 bridgehead atoms. The highest BCUT2D eigenvalue weighted by molar-refractivity contribution is 9.10. The van der Waals surface area contributed by atoms with Crippen molar-refractivity contribution in [2.24, 2.45) is 0 Å². The number of β-amino-alcohol motifs (C(OH)–C–C–N with tert-alkyl or cyclic N) is 1. The van der Waals surface area contributed by atoms with Gasteiger partial charge in [-0.3, -0.25) is 0 Å². The van der Waals surface area contributed by atoms with Gasteiger partial charge in [0, 0.05) is 30.9 Å². The molecule has 1 saturated heterocycles. The first-order valence-corrected chi connectivity index (χ1v) is 8.11. The molecule has 0 amide bonds. The zero-order valence-corrected chi connectivity index (χ0v) is 14.0. The summed E-state index contributed by atoms with van der Waals surface area (Å²) in [6.07, 6.45) is 2.07. The van der Waals surface area contributed by atoms with Crippen molar-refractivity contribution in [3.63, 3.8) is 0 Å². The molecule has 116 valence electrons. The van der Waals surface area contributed by atoms with E-state index in [9.17, 15) is 5.11 Å². The van der Waals surface area contributed by atoms with E-state index < -0.39 is 6.10 Å². The fraction of sp³-hybridized carbons (Fsp3) is 0.353. The molecule has 1 aliphatic rings. The summed E-state index contributed by atoms with van der Waals surface area (Å²) in [7, 11) is 1.63. The molecule has 4 nitrogen and oxygen atoms in total. The highest BCUT2D eigenvalue weighted by atomic mass is 79.9. The number of ether oxygens (including phenoxy) is 1. The van der Waals surface area contributed by atoms with Crippen LogP contribution in [-0.2, 0) is 11.2 Å². The number of methoxy groups -OCH3 is 1. The standard InChI is InChI=1S/C17H19BrN2O2/c1-22-16-11-20(10-15(16)21)17-8-13(14(18)9-19-17)7-12-5-3-2-4-6-12/h2-6,8-9,15-16,21H,7,10-11H2,1H3/t15-,16-/m1/s1. The van der Waals surface area contributed by atoms with Crippen molar-refractivity contribution in [3.05, 3.63) is 58.2 Å². The molecule has 1 aliphatic heterocycles. The molecular formula is C17H19BrN2O2. The molecular weight excluding hydrogens is 344 g/mol. The predicted octanol–water partition coefficient (Wildman–Crippen LogP) is 2.63. The average molecular weight is 363 g/mol. The summed E-state index contributed by atoms with van der Waals surface area (Å²) >= 11 is 3.58. The molecule has 22 heavy (non-hydrogen) atoms. The first-order valence-electron chi connectivity index (χ1n) is 7.31. The van der Waals surface area contributed by atoms with E-state index in [1.807, 2.05) is 24.4 Å². The molecule has 2 heterocycles. The Morgan fingerprint density at radius 2 is 2.09 bits per heavy atom. The zero-order valence-electron chi connectivity index (χ0n) is 12.4. The van der Waals surface area contributed by atoms with Crippen molar-refractivity contribution in [2.75, 3.05) is 25.1 Å². The fourth-order valence-corrected chi connectivity index (χ4v) is 3.12. The summed E-state index contributed by atoms with van der Waals surface area (Å²) in [6.45, 7) is 1.22. The normalized spacial score (nSPS) is 21.3. The number of hydrogen-bond donors (Lipinski definition) is 1. The summed E-state index contributed by atoms with van der Waals surface area (Å²) in [5.74, 6) is 0.882. The quantitative estimate of drug-likeness (QED) is 0.907. The number of nitrogens with zero attached hydrogens (tertiary/aromatic N) is 2. The molecule has 1 N–H and O–H groups in total. The van der Waals surface area contributed by atoms with Crippen LogP contribution in [0.2, 0.25) is 0 Å². The Labute approximate surface area is 138 Å². The van der Waals surface area contributed by atoms with E-state index in [4.69, 9.17) is 4.74 Å². The smallest absolute Gasteiger partial charge is 0.129 e. The van der Waals surface area contributed by atoms with Crippen molar-refractivity contribution in [1.82, 2.24) is 4.98 Å². The van der Waals surface area contributed by atoms with Crippen molar-refractivity contribution in [3.8, 4) is 0 Å². The third-order valence-electron chi connectivity index (χ3n) is 4.02. The lowest BCUT2D eigenvalue weighted by Gasteiger charge is -2.18. The Balaban J connectivity index is 1.81. The van der Waals surface area contributed by atoms with E-state index in [-0.39, 0.29) is 6.10 Å². The molecule has 3 rings (SSSR count). The third-order valence-corrected chi connectivity index (χ3v) is 4.74. The van der Waals surface area contributed by atoms with E-state index in [0.29, 0.717) is 13.1 Å². The van der Waals surface area contributed by atoms with Crippen molar-refractivity contribution >= 4 is 21.7 Å². The van der Waals surface area contributed by atoms with Crippen molar-refractivity contribution < 1.29 is 9.84 Å². The third kappa shape index (κ3) is 3.32. The monoisotopic (exact) mass is 362 g/mol. The summed E-state index contributed by atoms with van der Waals surface area (Å²) in [4.78, 5) is 6.55. The van der Waals surface area contributed by atoms with Gasteiger partial charge in [-0.05, 0) is 39.5 Å². The maximum Gasteiger partial charge on any atom is 0.129 e.